The molecule has 1 aromatic rings. The molecule has 0 spiro atoms. The second kappa shape index (κ2) is 22.7. The zero-order valence-electron chi connectivity index (χ0n) is 40.1. The molecule has 3 heterocycles. The normalized spacial score (nSPS) is 37.2. The van der Waals surface area contributed by atoms with Crippen molar-refractivity contribution in [3.05, 3.63) is 53.6 Å². The van der Waals surface area contributed by atoms with Crippen LogP contribution < -0.4 is 10.1 Å². The monoisotopic (exact) mass is 905 g/mol. The molecule has 2 bridgehead atoms. The highest BCUT2D eigenvalue weighted by atomic mass is 16.7. The molecule has 65 heavy (non-hydrogen) atoms. The van der Waals surface area contributed by atoms with Crippen molar-refractivity contribution in [3.63, 3.8) is 0 Å². The number of benzene rings is 1. The van der Waals surface area contributed by atoms with Crippen LogP contribution in [0.15, 0.2) is 53.6 Å². The first-order chi connectivity index (χ1) is 31.1. The number of hydrogen-bond acceptors (Lipinski definition) is 11. The molecule has 2 saturated carbocycles. The van der Waals surface area contributed by atoms with Crippen LogP contribution in [0.1, 0.15) is 131 Å². The molecule has 2 amide bonds. The van der Waals surface area contributed by atoms with E-state index in [0.717, 1.165) is 36.2 Å². The van der Waals surface area contributed by atoms with Crippen molar-refractivity contribution < 1.29 is 52.8 Å². The van der Waals surface area contributed by atoms with Crippen LogP contribution in [0.4, 0.5) is 0 Å². The molecule has 5 aliphatic rings. The Morgan fingerprint density at radius 1 is 0.923 bits per heavy atom. The van der Waals surface area contributed by atoms with Crippen molar-refractivity contribution >= 4 is 29.4 Å². The van der Waals surface area contributed by atoms with Crippen LogP contribution in [-0.4, -0.2) is 109 Å². The van der Waals surface area contributed by atoms with Crippen LogP contribution in [0.3, 0.4) is 0 Å². The SMILES string of the molecule is CCC1/C=C(\C)CC(C)CC(OC)C2OC(O)(C(=O)C(=O)N3CCCCC3C(=O)OC(C(C)=CC3CCC(NC(=O)C4CC4)C(Oc4ccccc4)C3)C(C)CCC1=O)C(C)CC2OC. The first kappa shape index (κ1) is 50.5. The summed E-state index contributed by atoms with van der Waals surface area (Å²) in [7, 11) is 3.11. The number of piperidine rings is 1. The summed E-state index contributed by atoms with van der Waals surface area (Å²) in [5, 5.41) is 15.4. The second-order valence-corrected chi connectivity index (χ2v) is 20.1. The van der Waals surface area contributed by atoms with Gasteiger partial charge in [0.05, 0.1) is 18.2 Å². The smallest absolute Gasteiger partial charge is 0.329 e. The lowest BCUT2D eigenvalue weighted by molar-refractivity contribution is -0.302. The van der Waals surface area contributed by atoms with Gasteiger partial charge in [0.25, 0.3) is 11.7 Å². The number of esters is 1. The molecule has 13 nitrogen and oxygen atoms in total. The Hall–Kier alpha value is -3.91. The molecular formula is C52H76N2O11. The fourth-order valence-electron chi connectivity index (χ4n) is 10.8. The summed E-state index contributed by atoms with van der Waals surface area (Å²) in [6, 6.07) is 8.40. The first-order valence-corrected chi connectivity index (χ1v) is 24.5. The van der Waals surface area contributed by atoms with Crippen molar-refractivity contribution in [2.24, 2.45) is 35.5 Å². The number of para-hydroxylation sites is 1. The lowest BCUT2D eigenvalue weighted by Crippen LogP contribution is -2.64. The largest absolute Gasteiger partial charge is 0.488 e. The number of ketones is 2. The van der Waals surface area contributed by atoms with Gasteiger partial charge in [-0.2, -0.15) is 0 Å². The maximum atomic E-state index is 14.6. The Morgan fingerprint density at radius 3 is 2.31 bits per heavy atom. The number of cyclic esters (lactones) is 1. The van der Waals surface area contributed by atoms with Gasteiger partial charge >= 0.3 is 5.97 Å². The molecule has 2 aliphatic carbocycles. The number of hydrogen-bond donors (Lipinski definition) is 2. The number of nitrogens with zero attached hydrogens (tertiary/aromatic N) is 1. The average Bonchev–Trinajstić information content (AvgIpc) is 4.15. The highest BCUT2D eigenvalue weighted by molar-refractivity contribution is 6.39. The number of carbonyl (C=O) groups is 5. The lowest BCUT2D eigenvalue weighted by Gasteiger charge is -2.47. The predicted molar refractivity (Wildman–Crippen MR) is 245 cm³/mol. The van der Waals surface area contributed by atoms with Gasteiger partial charge in [-0.05, 0) is 133 Å². The van der Waals surface area contributed by atoms with Crippen LogP contribution >= 0.6 is 0 Å². The molecule has 2 N–H and O–H groups in total. The molecule has 4 fully saturated rings. The highest BCUT2D eigenvalue weighted by Gasteiger charge is 2.56. The third-order valence-electron chi connectivity index (χ3n) is 14.8. The third-order valence-corrected chi connectivity index (χ3v) is 14.8. The Bertz CT molecular complexity index is 1880. The molecule has 13 heteroatoms. The van der Waals surface area contributed by atoms with Gasteiger partial charge in [-0.15, -0.1) is 0 Å². The van der Waals surface area contributed by atoms with E-state index >= 15 is 0 Å². The molecule has 13 unspecified atom stereocenters. The molecule has 0 aromatic heterocycles. The van der Waals surface area contributed by atoms with Gasteiger partial charge in [-0.25, -0.2) is 4.79 Å². The fourth-order valence-corrected chi connectivity index (χ4v) is 10.8. The number of amides is 2. The number of aliphatic hydroxyl groups is 1. The molecule has 1 aromatic carbocycles. The quantitative estimate of drug-likeness (QED) is 0.143. The van der Waals surface area contributed by atoms with E-state index in [9.17, 15) is 29.1 Å². The Morgan fingerprint density at radius 2 is 1.63 bits per heavy atom. The van der Waals surface area contributed by atoms with Crippen LogP contribution in [0.25, 0.3) is 0 Å². The minimum atomic E-state index is -2.48. The maximum absolute atomic E-state index is 14.6. The van der Waals surface area contributed by atoms with Crippen LogP contribution in [0.5, 0.6) is 5.75 Å². The zero-order chi connectivity index (χ0) is 47.0. The predicted octanol–water partition coefficient (Wildman–Crippen LogP) is 7.47. The van der Waals surface area contributed by atoms with Crippen molar-refractivity contribution in [2.75, 3.05) is 20.8 Å². The van der Waals surface area contributed by atoms with Crippen LogP contribution in [0.2, 0.25) is 0 Å². The van der Waals surface area contributed by atoms with E-state index in [2.05, 4.69) is 24.4 Å². The highest BCUT2D eigenvalue weighted by Crippen LogP contribution is 2.40. The summed E-state index contributed by atoms with van der Waals surface area (Å²) in [5.41, 5.74) is 1.90. The number of methoxy groups -OCH3 is 2. The van der Waals surface area contributed by atoms with E-state index in [1.165, 1.54) is 4.90 Å². The summed E-state index contributed by atoms with van der Waals surface area (Å²) >= 11 is 0. The Balaban J connectivity index is 1.31. The minimum absolute atomic E-state index is 0.0401. The van der Waals surface area contributed by atoms with E-state index in [1.54, 1.807) is 21.1 Å². The van der Waals surface area contributed by atoms with Gasteiger partial charge < -0.3 is 39.0 Å². The molecule has 0 radical (unpaired) electrons. The van der Waals surface area contributed by atoms with Gasteiger partial charge in [-0.3, -0.25) is 19.2 Å². The molecule has 360 valence electrons. The Labute approximate surface area is 386 Å². The standard InChI is InChI=1S/C52H76N2O11/c1-9-37-26-31(2)25-32(3)27-44(61-7)47-45(62-8)29-35(6)52(60,65-47)48(56)50(58)54-24-14-13-17-41(54)51(59)64-46(33(4)18-23-42(37)55)34(5)28-36-19-22-40(53-49(57)38-20-21-38)43(30-36)63-39-15-11-10-12-16-39/h10-12,15-16,26,28,32-33,35-38,40-41,43-47,60H,9,13-14,17-25,27,29-30H2,1-8H3,(H,53,57)/b31-26+,34-28?. The van der Waals surface area contributed by atoms with E-state index < -0.39 is 59.8 Å². The van der Waals surface area contributed by atoms with E-state index in [4.69, 9.17) is 23.7 Å². The second-order valence-electron chi connectivity index (χ2n) is 20.1. The average molecular weight is 905 g/mol. The summed E-state index contributed by atoms with van der Waals surface area (Å²) in [6.45, 7) is 11.9. The van der Waals surface area contributed by atoms with Crippen molar-refractivity contribution in [1.29, 1.82) is 0 Å². The number of carbonyl (C=O) groups excluding carboxylic acids is 5. The number of ether oxygens (including phenoxy) is 5. The number of fused-ring (bicyclic) bond motifs is 3. The summed E-state index contributed by atoms with van der Waals surface area (Å²) < 4.78 is 31.2. The summed E-state index contributed by atoms with van der Waals surface area (Å²) in [6.07, 6.45) is 9.51. The molecule has 13 atom stereocenters. The number of allylic oxidation sites excluding steroid dienone is 3. The zero-order valence-corrected chi connectivity index (χ0v) is 40.1. The van der Waals surface area contributed by atoms with Crippen molar-refractivity contribution in [1.82, 2.24) is 10.2 Å². The molecule has 2 saturated heterocycles. The first-order valence-electron chi connectivity index (χ1n) is 24.5. The minimum Gasteiger partial charge on any atom is -0.488 e. The molecule has 6 rings (SSSR count). The number of rotatable bonds is 9. The molecular weight excluding hydrogens is 829 g/mol. The summed E-state index contributed by atoms with van der Waals surface area (Å²) in [4.78, 5) is 71.5. The van der Waals surface area contributed by atoms with E-state index in [-0.39, 0.29) is 72.8 Å². The van der Waals surface area contributed by atoms with Crippen molar-refractivity contribution in [3.8, 4) is 5.75 Å². The van der Waals surface area contributed by atoms with Crippen LogP contribution in [0, 0.1) is 35.5 Å². The fraction of sp³-hybridized carbons (Fsp3) is 0.712. The van der Waals surface area contributed by atoms with Gasteiger partial charge in [0.1, 0.15) is 35.9 Å². The Kier molecular flexibility index (Phi) is 17.7. The van der Waals surface area contributed by atoms with Gasteiger partial charge in [0, 0.05) is 44.9 Å². The van der Waals surface area contributed by atoms with Gasteiger partial charge in [-0.1, -0.05) is 63.6 Å². The lowest BCUT2D eigenvalue weighted by atomic mass is 9.81. The van der Waals surface area contributed by atoms with Gasteiger partial charge in [0.2, 0.25) is 11.7 Å². The van der Waals surface area contributed by atoms with Crippen LogP contribution in [-0.2, 0) is 42.9 Å². The number of Topliss-reactive ketones (excluding diaryl/α,β-unsaturated/α-hetero) is 2. The third kappa shape index (κ3) is 12.6. The van der Waals surface area contributed by atoms with E-state index in [1.807, 2.05) is 58.0 Å². The van der Waals surface area contributed by atoms with Gasteiger partial charge in [0.15, 0.2) is 0 Å². The summed E-state index contributed by atoms with van der Waals surface area (Å²) in [5.74, 6) is -5.47. The number of nitrogens with one attached hydrogen (secondary N) is 1. The van der Waals surface area contributed by atoms with E-state index in [0.29, 0.717) is 57.8 Å². The molecule has 3 aliphatic heterocycles. The maximum Gasteiger partial charge on any atom is 0.329 e. The topological polar surface area (TPSA) is 167 Å². The van der Waals surface area contributed by atoms with Crippen molar-refractivity contribution in [2.45, 2.75) is 180 Å².